The minimum Gasteiger partial charge on any atom is -0.506 e. The molecule has 0 unspecified atom stereocenters. The highest BCUT2D eigenvalue weighted by atomic mass is 79.9. The lowest BCUT2D eigenvalue weighted by atomic mass is 9.95. The number of ether oxygens (including phenoxy) is 2. The predicted molar refractivity (Wildman–Crippen MR) is 136 cm³/mol. The third-order valence-electron chi connectivity index (χ3n) is 5.49. The number of benzene rings is 2. The van der Waals surface area contributed by atoms with Crippen LogP contribution >= 0.6 is 38.9 Å². The number of hydrogen-bond donors (Lipinski definition) is 1. The van der Waals surface area contributed by atoms with Crippen molar-refractivity contribution in [2.75, 3.05) is 14.2 Å². The number of methoxy groups -OCH3 is 2. The van der Waals surface area contributed by atoms with Crippen molar-refractivity contribution in [1.82, 2.24) is 4.57 Å². The van der Waals surface area contributed by atoms with Crippen molar-refractivity contribution in [2.24, 2.45) is 4.99 Å². The van der Waals surface area contributed by atoms with Crippen molar-refractivity contribution in [3.05, 3.63) is 92.0 Å². The molecule has 0 fully saturated rings. The van der Waals surface area contributed by atoms with Gasteiger partial charge in [0, 0.05) is 28.3 Å². The Kier molecular flexibility index (Phi) is 7.03. The van der Waals surface area contributed by atoms with Crippen LogP contribution in [0.3, 0.4) is 0 Å². The Bertz CT molecular complexity index is 1640. The molecule has 10 nitrogen and oxygen atoms in total. The van der Waals surface area contributed by atoms with Crippen molar-refractivity contribution in [1.29, 1.82) is 0 Å². The number of thiazole rings is 1. The summed E-state index contributed by atoms with van der Waals surface area (Å²) in [5, 5.41) is 22.1. The smallest absolute Gasteiger partial charge is 0.338 e. The molecule has 0 radical (unpaired) electrons. The van der Waals surface area contributed by atoms with Gasteiger partial charge in [0.15, 0.2) is 4.80 Å². The van der Waals surface area contributed by atoms with Crippen LogP contribution in [0.15, 0.2) is 55.9 Å². The van der Waals surface area contributed by atoms with Gasteiger partial charge in [-0.2, -0.15) is 0 Å². The lowest BCUT2D eigenvalue weighted by molar-refractivity contribution is -0.385. The molecule has 1 aromatic heterocycles. The molecule has 1 aliphatic heterocycles. The van der Waals surface area contributed by atoms with Crippen LogP contribution in [0.4, 0.5) is 5.69 Å². The zero-order chi connectivity index (χ0) is 26.3. The van der Waals surface area contributed by atoms with Crippen molar-refractivity contribution in [3.8, 4) is 11.5 Å². The lowest BCUT2D eigenvalue weighted by Crippen LogP contribution is -2.40. The summed E-state index contributed by atoms with van der Waals surface area (Å²) in [4.78, 5) is 41.9. The van der Waals surface area contributed by atoms with Gasteiger partial charge >= 0.3 is 5.97 Å². The Morgan fingerprint density at radius 2 is 2.06 bits per heavy atom. The molecule has 1 aliphatic rings. The van der Waals surface area contributed by atoms with Gasteiger partial charge in [0.25, 0.3) is 11.2 Å². The number of nitro benzene ring substituents is 1. The number of carbonyl (C=O) groups is 1. The molecule has 36 heavy (non-hydrogen) atoms. The summed E-state index contributed by atoms with van der Waals surface area (Å²) < 4.78 is 12.0. The van der Waals surface area contributed by atoms with Gasteiger partial charge < -0.3 is 14.6 Å². The number of aromatic hydroxyl groups is 1. The number of nitro groups is 1. The van der Waals surface area contributed by atoms with Gasteiger partial charge in [-0.1, -0.05) is 22.9 Å². The maximum Gasteiger partial charge on any atom is 0.338 e. The molecule has 4 rings (SSSR count). The van der Waals surface area contributed by atoms with Crippen LogP contribution in [0.25, 0.3) is 6.08 Å². The van der Waals surface area contributed by atoms with E-state index in [0.717, 1.165) is 23.5 Å². The van der Waals surface area contributed by atoms with Crippen molar-refractivity contribution in [2.45, 2.75) is 13.0 Å². The second-order valence-electron chi connectivity index (χ2n) is 7.58. The Morgan fingerprint density at radius 1 is 1.33 bits per heavy atom. The van der Waals surface area contributed by atoms with Crippen LogP contribution in [0.5, 0.6) is 11.5 Å². The first-order valence-electron chi connectivity index (χ1n) is 10.2. The summed E-state index contributed by atoms with van der Waals surface area (Å²) in [7, 11) is 2.68. The minimum absolute atomic E-state index is 0.0575. The molecule has 0 saturated carbocycles. The number of carbonyl (C=O) groups excluding carboxylic acids is 1. The van der Waals surface area contributed by atoms with Crippen molar-refractivity contribution < 1.29 is 24.3 Å². The molecule has 13 heteroatoms. The number of nitrogens with zero attached hydrogens (tertiary/aromatic N) is 3. The molecule has 2 aromatic carbocycles. The number of allylic oxidation sites excluding steroid dienone is 1. The van der Waals surface area contributed by atoms with E-state index >= 15 is 0 Å². The number of phenols is 1. The van der Waals surface area contributed by atoms with Crippen LogP contribution in [0.1, 0.15) is 24.1 Å². The van der Waals surface area contributed by atoms with E-state index in [0.29, 0.717) is 22.0 Å². The fraction of sp³-hybridized carbons (Fsp3) is 0.174. The third-order valence-corrected chi connectivity index (χ3v) is 7.31. The molecule has 0 bridgehead atoms. The van der Waals surface area contributed by atoms with Gasteiger partial charge in [-0.05, 0) is 47.1 Å². The summed E-state index contributed by atoms with van der Waals surface area (Å²) in [6.07, 6.45) is 1.33. The number of esters is 1. The number of aromatic nitrogens is 1. The van der Waals surface area contributed by atoms with Crippen molar-refractivity contribution >= 4 is 56.6 Å². The number of fused-ring (bicyclic) bond motifs is 1. The van der Waals surface area contributed by atoms with Gasteiger partial charge in [-0.3, -0.25) is 19.5 Å². The molecular weight excluding hydrogens is 578 g/mol. The van der Waals surface area contributed by atoms with E-state index in [4.69, 9.17) is 21.1 Å². The molecule has 0 spiro atoms. The molecule has 0 aliphatic carbocycles. The van der Waals surface area contributed by atoms with Gasteiger partial charge in [0.2, 0.25) is 0 Å². The molecular formula is C23H17BrClN3O7S. The van der Waals surface area contributed by atoms with Gasteiger partial charge in [-0.15, -0.1) is 0 Å². The van der Waals surface area contributed by atoms with E-state index in [2.05, 4.69) is 20.9 Å². The summed E-state index contributed by atoms with van der Waals surface area (Å²) >= 11 is 10.4. The Labute approximate surface area is 220 Å². The highest BCUT2D eigenvalue weighted by molar-refractivity contribution is 9.10. The van der Waals surface area contributed by atoms with E-state index in [1.807, 2.05) is 0 Å². The van der Waals surface area contributed by atoms with Crippen LogP contribution in [0.2, 0.25) is 5.02 Å². The first kappa shape index (κ1) is 25.6. The number of phenolic OH excluding ortho intramolecular Hbond substituents is 1. The predicted octanol–water partition coefficient (Wildman–Crippen LogP) is 3.45. The standard InChI is InChI=1S/C23H17BrClN3O7S/c1-10-18(22(31)35-3)19(14-8-12(25)4-5-16(14)34-2)27-21(30)17(36-23(27)26-10)7-11-6-13(28(32)33)9-15(24)20(11)29/h4-9,19,29H,1-3H3/b17-7-/t19-/m1/s1. The molecule has 1 atom stereocenters. The minimum atomic E-state index is -0.977. The SMILES string of the molecule is COC(=O)C1=C(C)N=c2s/c(=C\c3cc([N+](=O)[O-])cc(Br)c3O)c(=O)n2[C@@H]1c1cc(Cl)ccc1OC. The highest BCUT2D eigenvalue weighted by Gasteiger charge is 2.35. The van der Waals surface area contributed by atoms with Crippen LogP contribution in [0, 0.1) is 10.1 Å². The van der Waals surface area contributed by atoms with Crippen molar-refractivity contribution in [3.63, 3.8) is 0 Å². The van der Waals surface area contributed by atoms with Gasteiger partial charge in [0.1, 0.15) is 17.5 Å². The molecule has 0 saturated heterocycles. The monoisotopic (exact) mass is 593 g/mol. The largest absolute Gasteiger partial charge is 0.506 e. The quantitative estimate of drug-likeness (QED) is 0.272. The average molecular weight is 595 g/mol. The topological polar surface area (TPSA) is 133 Å². The summed E-state index contributed by atoms with van der Waals surface area (Å²) in [5.41, 5.74) is 0.141. The first-order chi connectivity index (χ1) is 17.1. The van der Waals surface area contributed by atoms with E-state index in [1.165, 1.54) is 24.9 Å². The van der Waals surface area contributed by atoms with Crippen LogP contribution in [-0.4, -0.2) is 34.8 Å². The van der Waals surface area contributed by atoms with E-state index < -0.39 is 22.5 Å². The maximum atomic E-state index is 13.7. The molecule has 1 N–H and O–H groups in total. The Hall–Kier alpha value is -3.48. The zero-order valence-corrected chi connectivity index (χ0v) is 22.1. The molecule has 0 amide bonds. The lowest BCUT2D eigenvalue weighted by Gasteiger charge is -2.25. The number of non-ortho nitro benzene ring substituents is 1. The summed E-state index contributed by atoms with van der Waals surface area (Å²) in [6, 6.07) is 6.16. The third kappa shape index (κ3) is 4.43. The second-order valence-corrected chi connectivity index (χ2v) is 9.88. The number of halogens is 2. The summed E-state index contributed by atoms with van der Waals surface area (Å²) in [6.45, 7) is 1.62. The molecule has 2 heterocycles. The normalized spacial score (nSPS) is 15.4. The number of hydrogen-bond acceptors (Lipinski definition) is 9. The molecule has 3 aromatic rings. The van der Waals surface area contributed by atoms with Crippen LogP contribution in [-0.2, 0) is 9.53 Å². The van der Waals surface area contributed by atoms with Gasteiger partial charge in [0.05, 0.1) is 39.4 Å². The van der Waals surface area contributed by atoms with Crippen LogP contribution < -0.4 is 19.6 Å². The number of rotatable bonds is 5. The summed E-state index contributed by atoms with van der Waals surface area (Å²) in [5.74, 6) is -0.570. The van der Waals surface area contributed by atoms with E-state index in [-0.39, 0.29) is 36.4 Å². The average Bonchev–Trinajstić information content (AvgIpc) is 3.14. The molecule has 186 valence electrons. The Balaban J connectivity index is 2.05. The Morgan fingerprint density at radius 3 is 2.69 bits per heavy atom. The van der Waals surface area contributed by atoms with E-state index in [9.17, 15) is 24.8 Å². The fourth-order valence-electron chi connectivity index (χ4n) is 3.87. The second kappa shape index (κ2) is 9.88. The highest BCUT2D eigenvalue weighted by Crippen LogP contribution is 2.37. The first-order valence-corrected chi connectivity index (χ1v) is 12.2. The zero-order valence-electron chi connectivity index (χ0n) is 18.9. The maximum absolute atomic E-state index is 13.7. The van der Waals surface area contributed by atoms with E-state index in [1.54, 1.807) is 25.1 Å². The van der Waals surface area contributed by atoms with Gasteiger partial charge in [-0.25, -0.2) is 9.79 Å². The fourth-order valence-corrected chi connectivity index (χ4v) is 5.55.